The number of carbonyl (C=O) groups is 1. The number of nitrogens with zero attached hydrogens (tertiary/aromatic N) is 1. The summed E-state index contributed by atoms with van der Waals surface area (Å²) in [5.41, 5.74) is 1.92. The van der Waals surface area contributed by atoms with Gasteiger partial charge in [0, 0.05) is 6.61 Å². The van der Waals surface area contributed by atoms with Crippen molar-refractivity contribution in [2.45, 2.75) is 38.7 Å². The molecule has 0 spiro atoms. The normalized spacial score (nSPS) is 11.6. The van der Waals surface area contributed by atoms with Gasteiger partial charge >= 0.3 is 11.7 Å². The first-order valence-corrected chi connectivity index (χ1v) is 12.1. The molecule has 0 aliphatic heterocycles. The van der Waals surface area contributed by atoms with Crippen LogP contribution in [0.15, 0.2) is 66.7 Å². The number of carboxylic acids is 1. The first-order chi connectivity index (χ1) is 17.8. The topological polar surface area (TPSA) is 128 Å². The summed E-state index contributed by atoms with van der Waals surface area (Å²) < 4.78 is 17.0. The minimum atomic E-state index is -0.941. The van der Waals surface area contributed by atoms with Crippen LogP contribution in [0.5, 0.6) is 17.2 Å². The van der Waals surface area contributed by atoms with Crippen LogP contribution in [-0.2, 0) is 4.74 Å². The van der Waals surface area contributed by atoms with E-state index in [1.165, 1.54) is 12.1 Å². The van der Waals surface area contributed by atoms with Crippen molar-refractivity contribution in [2.24, 2.45) is 0 Å². The first kappa shape index (κ1) is 27.5. The zero-order valence-electron chi connectivity index (χ0n) is 20.7. The molecule has 0 fully saturated rings. The van der Waals surface area contributed by atoms with Crippen molar-refractivity contribution < 1.29 is 34.1 Å². The van der Waals surface area contributed by atoms with Crippen LogP contribution >= 0.6 is 0 Å². The van der Waals surface area contributed by atoms with Gasteiger partial charge in [-0.05, 0) is 73.7 Å². The summed E-state index contributed by atoms with van der Waals surface area (Å²) in [6.07, 6.45) is 3.44. The van der Waals surface area contributed by atoms with Crippen LogP contribution in [0.3, 0.4) is 0 Å². The summed E-state index contributed by atoms with van der Waals surface area (Å²) in [6, 6.07) is 18.3. The molecule has 9 nitrogen and oxygen atoms in total. The molecule has 0 saturated heterocycles. The van der Waals surface area contributed by atoms with Crippen molar-refractivity contribution in [1.82, 2.24) is 0 Å². The van der Waals surface area contributed by atoms with Gasteiger partial charge in [0.05, 0.1) is 29.8 Å². The molecule has 0 aliphatic rings. The summed E-state index contributed by atoms with van der Waals surface area (Å²) in [5.74, 6) is -0.239. The van der Waals surface area contributed by atoms with E-state index in [0.29, 0.717) is 19.8 Å². The van der Waals surface area contributed by atoms with Crippen LogP contribution in [-0.4, -0.2) is 47.0 Å². The van der Waals surface area contributed by atoms with Gasteiger partial charge in [-0.2, -0.15) is 0 Å². The largest absolute Gasteiger partial charge is 0.508 e. The van der Waals surface area contributed by atoms with Gasteiger partial charge in [-0.25, -0.2) is 4.79 Å². The van der Waals surface area contributed by atoms with E-state index in [0.717, 1.165) is 48.6 Å². The van der Waals surface area contributed by atoms with E-state index in [9.17, 15) is 20.0 Å². The van der Waals surface area contributed by atoms with E-state index in [1.54, 1.807) is 31.2 Å². The van der Waals surface area contributed by atoms with Crippen LogP contribution in [0, 0.1) is 10.1 Å². The number of phenols is 1. The van der Waals surface area contributed by atoms with Crippen LogP contribution in [0.25, 0.3) is 11.1 Å². The summed E-state index contributed by atoms with van der Waals surface area (Å²) in [5, 5.41) is 29.5. The standard InChI is InChI=1S/C28H31NO8/c1-20(37-27-15-12-24(30)18-26(27)29(33)34)19-35-16-4-2-3-5-17-36-25-13-10-22(11-14-25)21-6-8-23(9-7-21)28(31)32/h6-15,18,20,30H,2-5,16-17,19H2,1H3,(H,31,32)/t20-/m1/s1. The molecule has 0 saturated carbocycles. The molecular formula is C28H31NO8. The molecule has 3 rings (SSSR count). The molecule has 0 heterocycles. The SMILES string of the molecule is C[C@H](COCCCCCCOc1ccc(-c2ccc(C(=O)O)cc2)cc1)Oc1ccc(O)cc1[N+](=O)[O-]. The van der Waals surface area contributed by atoms with Crippen molar-refractivity contribution in [3.8, 4) is 28.4 Å². The second kappa shape index (κ2) is 13.8. The molecule has 37 heavy (non-hydrogen) atoms. The number of hydrogen-bond donors (Lipinski definition) is 2. The molecule has 2 N–H and O–H groups in total. The Morgan fingerprint density at radius 2 is 1.54 bits per heavy atom. The van der Waals surface area contributed by atoms with Crippen molar-refractivity contribution in [2.75, 3.05) is 19.8 Å². The summed E-state index contributed by atoms with van der Waals surface area (Å²) in [7, 11) is 0. The maximum Gasteiger partial charge on any atom is 0.335 e. The Labute approximate surface area is 215 Å². The highest BCUT2D eigenvalue weighted by molar-refractivity contribution is 5.88. The zero-order valence-corrected chi connectivity index (χ0v) is 20.7. The molecule has 0 bridgehead atoms. The second-order valence-electron chi connectivity index (χ2n) is 8.58. The van der Waals surface area contributed by atoms with Crippen LogP contribution < -0.4 is 9.47 Å². The number of nitro benzene ring substituents is 1. The Morgan fingerprint density at radius 3 is 2.16 bits per heavy atom. The van der Waals surface area contributed by atoms with Gasteiger partial charge in [0.2, 0.25) is 0 Å². The number of benzene rings is 3. The fourth-order valence-electron chi connectivity index (χ4n) is 3.65. The Morgan fingerprint density at radius 1 is 0.919 bits per heavy atom. The first-order valence-electron chi connectivity index (χ1n) is 12.1. The molecule has 196 valence electrons. The molecule has 3 aromatic rings. The number of aromatic carboxylic acids is 1. The fourth-order valence-corrected chi connectivity index (χ4v) is 3.65. The predicted molar refractivity (Wildman–Crippen MR) is 138 cm³/mol. The Balaban J connectivity index is 1.26. The Kier molecular flexibility index (Phi) is 10.3. The van der Waals surface area contributed by atoms with E-state index in [4.69, 9.17) is 19.3 Å². The smallest absolute Gasteiger partial charge is 0.335 e. The molecule has 0 radical (unpaired) electrons. The van der Waals surface area contributed by atoms with Gasteiger partial charge in [-0.15, -0.1) is 0 Å². The highest BCUT2D eigenvalue weighted by Gasteiger charge is 2.18. The van der Waals surface area contributed by atoms with Crippen LogP contribution in [0.4, 0.5) is 5.69 Å². The molecule has 0 amide bonds. The lowest BCUT2D eigenvalue weighted by Gasteiger charge is -2.15. The van der Waals surface area contributed by atoms with Gasteiger partial charge in [-0.1, -0.05) is 30.7 Å². The third kappa shape index (κ3) is 8.80. The number of ether oxygens (including phenoxy) is 3. The van der Waals surface area contributed by atoms with Gasteiger partial charge in [0.15, 0.2) is 5.75 Å². The average molecular weight is 510 g/mol. The van der Waals surface area contributed by atoms with E-state index in [1.807, 2.05) is 24.3 Å². The quantitative estimate of drug-likeness (QED) is 0.143. The number of carboxylic acid groups (broad SMARTS) is 1. The average Bonchev–Trinajstić information content (AvgIpc) is 2.89. The van der Waals surface area contributed by atoms with Gasteiger partial charge < -0.3 is 24.4 Å². The summed E-state index contributed by atoms with van der Waals surface area (Å²) in [6.45, 7) is 3.27. The fraction of sp³-hybridized carbons (Fsp3) is 0.321. The van der Waals surface area contributed by atoms with Crippen molar-refractivity contribution in [3.63, 3.8) is 0 Å². The van der Waals surface area contributed by atoms with E-state index >= 15 is 0 Å². The monoisotopic (exact) mass is 509 g/mol. The maximum atomic E-state index is 11.1. The predicted octanol–water partition coefficient (Wildman–Crippen LogP) is 6.09. The number of rotatable bonds is 15. The third-order valence-corrected chi connectivity index (χ3v) is 5.59. The number of nitro groups is 1. The number of unbranched alkanes of at least 4 members (excludes halogenated alkanes) is 3. The van der Waals surface area contributed by atoms with Gasteiger partial charge in [0.25, 0.3) is 0 Å². The minimum absolute atomic E-state index is 0.0999. The molecular weight excluding hydrogens is 478 g/mol. The molecule has 9 heteroatoms. The summed E-state index contributed by atoms with van der Waals surface area (Å²) >= 11 is 0. The van der Waals surface area contributed by atoms with Crippen molar-refractivity contribution in [1.29, 1.82) is 0 Å². The Bertz CT molecular complexity index is 1160. The summed E-state index contributed by atoms with van der Waals surface area (Å²) in [4.78, 5) is 21.5. The minimum Gasteiger partial charge on any atom is -0.508 e. The molecule has 3 aromatic carbocycles. The number of aromatic hydroxyl groups is 1. The third-order valence-electron chi connectivity index (χ3n) is 5.59. The van der Waals surface area contributed by atoms with Gasteiger partial charge in [-0.3, -0.25) is 10.1 Å². The van der Waals surface area contributed by atoms with Crippen molar-refractivity contribution in [3.05, 3.63) is 82.4 Å². The van der Waals surface area contributed by atoms with Crippen molar-refractivity contribution >= 4 is 11.7 Å². The van der Waals surface area contributed by atoms with E-state index in [2.05, 4.69) is 0 Å². The molecule has 0 aliphatic carbocycles. The van der Waals surface area contributed by atoms with Crippen LogP contribution in [0.1, 0.15) is 43.0 Å². The lowest BCUT2D eigenvalue weighted by atomic mass is 10.0. The highest BCUT2D eigenvalue weighted by atomic mass is 16.6. The number of phenolic OH excluding ortho intramolecular Hbond substituents is 1. The molecule has 1 atom stereocenters. The zero-order chi connectivity index (χ0) is 26.6. The molecule has 0 unspecified atom stereocenters. The van der Waals surface area contributed by atoms with Gasteiger partial charge in [0.1, 0.15) is 17.6 Å². The lowest BCUT2D eigenvalue weighted by Crippen LogP contribution is -2.20. The Hall–Kier alpha value is -4.11. The molecule has 0 aromatic heterocycles. The number of hydrogen-bond acceptors (Lipinski definition) is 7. The van der Waals surface area contributed by atoms with E-state index < -0.39 is 10.9 Å². The second-order valence-corrected chi connectivity index (χ2v) is 8.58. The maximum absolute atomic E-state index is 11.1. The van der Waals surface area contributed by atoms with Crippen LogP contribution in [0.2, 0.25) is 0 Å². The lowest BCUT2D eigenvalue weighted by molar-refractivity contribution is -0.386. The highest BCUT2D eigenvalue weighted by Crippen LogP contribution is 2.31. The van der Waals surface area contributed by atoms with E-state index in [-0.39, 0.29) is 28.9 Å².